The van der Waals surface area contributed by atoms with Crippen LogP contribution in [0.15, 0.2) is 60.2 Å². The van der Waals surface area contributed by atoms with Crippen molar-refractivity contribution in [1.82, 2.24) is 9.21 Å². The summed E-state index contributed by atoms with van der Waals surface area (Å²) in [5.74, 6) is -0.817. The summed E-state index contributed by atoms with van der Waals surface area (Å²) in [5, 5.41) is 10.1. The average Bonchev–Trinajstić information content (AvgIpc) is 2.69. The van der Waals surface area contributed by atoms with Crippen LogP contribution in [0, 0.1) is 0 Å². The second-order valence-electron chi connectivity index (χ2n) is 7.35. The van der Waals surface area contributed by atoms with Gasteiger partial charge in [0.2, 0.25) is 0 Å². The van der Waals surface area contributed by atoms with E-state index in [0.29, 0.717) is 5.25 Å². The first-order chi connectivity index (χ1) is 13.9. The van der Waals surface area contributed by atoms with Crippen LogP contribution in [0.2, 0.25) is 5.02 Å². The second-order valence-corrected chi connectivity index (χ2v) is 9.26. The lowest BCUT2D eigenvalue weighted by molar-refractivity contribution is -0.136. The normalized spacial score (nSPS) is 17.9. The zero-order chi connectivity index (χ0) is 21.2. The Morgan fingerprint density at radius 3 is 2.52 bits per heavy atom. The standard InChI is InChI=1S/C23H31ClN2O2S/c1-4-21(16-23(27)28)18(2)6-5-7-19(3)29-26-14-12-25(13-15-26)17-20-8-10-22(24)11-9-20/h4-5,7-11,19H,1,6,12-17H2,2-3H3,(H,27,28)/b7-5-,21-18+. The van der Waals surface area contributed by atoms with Gasteiger partial charge >= 0.3 is 5.97 Å². The first-order valence-corrected chi connectivity index (χ1v) is 11.2. The lowest BCUT2D eigenvalue weighted by Crippen LogP contribution is -2.43. The Morgan fingerprint density at radius 1 is 1.28 bits per heavy atom. The monoisotopic (exact) mass is 434 g/mol. The third-order valence-corrected chi connectivity index (χ3v) is 6.34. The van der Waals surface area contributed by atoms with Crippen molar-refractivity contribution in [3.63, 3.8) is 0 Å². The molecule has 0 radical (unpaired) electrons. The van der Waals surface area contributed by atoms with Gasteiger partial charge in [-0.1, -0.05) is 66.1 Å². The number of piperazine rings is 1. The average molecular weight is 435 g/mol. The van der Waals surface area contributed by atoms with Gasteiger partial charge in [0.15, 0.2) is 0 Å². The van der Waals surface area contributed by atoms with Crippen molar-refractivity contribution in [3.05, 3.63) is 70.8 Å². The van der Waals surface area contributed by atoms with E-state index in [1.165, 1.54) is 5.56 Å². The fourth-order valence-corrected chi connectivity index (χ4v) is 4.39. The van der Waals surface area contributed by atoms with Crippen LogP contribution in [0.25, 0.3) is 0 Å². The first kappa shape index (κ1) is 23.7. The minimum absolute atomic E-state index is 0.0355. The summed E-state index contributed by atoms with van der Waals surface area (Å²) in [5.41, 5.74) is 3.17. The lowest BCUT2D eigenvalue weighted by atomic mass is 10.0. The Hall–Kier alpha value is -1.53. The highest BCUT2D eigenvalue weighted by Crippen LogP contribution is 2.22. The molecule has 6 heteroatoms. The van der Waals surface area contributed by atoms with Gasteiger partial charge in [-0.15, -0.1) is 0 Å². The summed E-state index contributed by atoms with van der Waals surface area (Å²) in [6.45, 7) is 13.1. The minimum atomic E-state index is -0.817. The van der Waals surface area contributed by atoms with Gasteiger partial charge in [-0.25, -0.2) is 4.31 Å². The van der Waals surface area contributed by atoms with E-state index >= 15 is 0 Å². The molecule has 1 aliphatic rings. The molecule has 1 fully saturated rings. The first-order valence-electron chi connectivity index (χ1n) is 9.95. The van der Waals surface area contributed by atoms with E-state index in [4.69, 9.17) is 16.7 Å². The summed E-state index contributed by atoms with van der Waals surface area (Å²) in [6.07, 6.45) is 6.78. The van der Waals surface area contributed by atoms with Gasteiger partial charge in [-0.2, -0.15) is 0 Å². The van der Waals surface area contributed by atoms with Gasteiger partial charge in [-0.3, -0.25) is 9.69 Å². The van der Waals surface area contributed by atoms with Gasteiger partial charge in [-0.05, 0) is 43.5 Å². The molecule has 1 heterocycles. The zero-order valence-corrected chi connectivity index (χ0v) is 18.9. The van der Waals surface area contributed by atoms with Gasteiger partial charge in [0, 0.05) is 43.0 Å². The van der Waals surface area contributed by atoms with Crippen molar-refractivity contribution in [2.24, 2.45) is 0 Å². The fraction of sp³-hybridized carbons (Fsp3) is 0.435. The van der Waals surface area contributed by atoms with E-state index in [9.17, 15) is 4.79 Å². The van der Waals surface area contributed by atoms with Crippen LogP contribution in [-0.4, -0.2) is 51.7 Å². The van der Waals surface area contributed by atoms with E-state index < -0.39 is 5.97 Å². The van der Waals surface area contributed by atoms with Crippen molar-refractivity contribution in [1.29, 1.82) is 0 Å². The minimum Gasteiger partial charge on any atom is -0.481 e. The van der Waals surface area contributed by atoms with Crippen LogP contribution in [0.5, 0.6) is 0 Å². The van der Waals surface area contributed by atoms with Crippen molar-refractivity contribution in [2.75, 3.05) is 26.2 Å². The lowest BCUT2D eigenvalue weighted by Gasteiger charge is -2.34. The number of allylic oxidation sites excluding steroid dienone is 3. The maximum atomic E-state index is 10.9. The van der Waals surface area contributed by atoms with Crippen LogP contribution in [0.4, 0.5) is 0 Å². The maximum Gasteiger partial charge on any atom is 0.307 e. The Bertz CT molecular complexity index is 738. The number of rotatable bonds is 10. The Morgan fingerprint density at radius 2 is 1.93 bits per heavy atom. The van der Waals surface area contributed by atoms with E-state index in [0.717, 1.165) is 55.3 Å². The molecule has 29 heavy (non-hydrogen) atoms. The Kier molecular flexibility index (Phi) is 10.0. The number of aliphatic carboxylic acids is 1. The zero-order valence-electron chi connectivity index (χ0n) is 17.3. The highest BCUT2D eigenvalue weighted by molar-refractivity contribution is 7.97. The van der Waals surface area contributed by atoms with Crippen LogP contribution in [-0.2, 0) is 11.3 Å². The summed E-state index contributed by atoms with van der Waals surface area (Å²) < 4.78 is 2.44. The molecular formula is C23H31ClN2O2S. The molecule has 1 N–H and O–H groups in total. The molecule has 2 rings (SSSR count). The van der Waals surface area contributed by atoms with Crippen LogP contribution < -0.4 is 0 Å². The van der Waals surface area contributed by atoms with Crippen molar-refractivity contribution >= 4 is 29.5 Å². The van der Waals surface area contributed by atoms with Gasteiger partial charge in [0.05, 0.1) is 6.42 Å². The van der Waals surface area contributed by atoms with E-state index in [1.54, 1.807) is 6.08 Å². The number of halogens is 1. The predicted octanol–water partition coefficient (Wildman–Crippen LogP) is 5.42. The van der Waals surface area contributed by atoms with Gasteiger partial charge < -0.3 is 5.11 Å². The molecule has 0 spiro atoms. The number of benzene rings is 1. The Balaban J connectivity index is 1.73. The third kappa shape index (κ3) is 8.79. The predicted molar refractivity (Wildman–Crippen MR) is 124 cm³/mol. The fourth-order valence-electron chi connectivity index (χ4n) is 3.24. The molecule has 1 aromatic carbocycles. The second kappa shape index (κ2) is 12.2. The molecule has 4 nitrogen and oxygen atoms in total. The SMILES string of the molecule is C=C/C(CC(=O)O)=C(/C)C/C=C\C(C)SN1CCN(Cc2ccc(Cl)cc2)CC1. The number of hydrogen-bond acceptors (Lipinski definition) is 4. The molecule has 0 bridgehead atoms. The number of carboxylic acids is 1. The molecule has 1 aromatic rings. The third-order valence-electron chi connectivity index (χ3n) is 4.93. The van der Waals surface area contributed by atoms with Gasteiger partial charge in [0.25, 0.3) is 0 Å². The topological polar surface area (TPSA) is 43.8 Å². The molecule has 1 saturated heterocycles. The van der Waals surface area contributed by atoms with E-state index in [1.807, 2.05) is 31.0 Å². The van der Waals surface area contributed by atoms with E-state index in [-0.39, 0.29) is 6.42 Å². The van der Waals surface area contributed by atoms with Crippen LogP contribution >= 0.6 is 23.5 Å². The van der Waals surface area contributed by atoms with Crippen molar-refractivity contribution in [3.8, 4) is 0 Å². The number of carboxylic acid groups (broad SMARTS) is 1. The molecule has 0 amide bonds. The molecule has 1 unspecified atom stereocenters. The highest BCUT2D eigenvalue weighted by Gasteiger charge is 2.18. The number of hydrogen-bond donors (Lipinski definition) is 1. The van der Waals surface area contributed by atoms with Crippen LogP contribution in [0.3, 0.4) is 0 Å². The smallest absolute Gasteiger partial charge is 0.307 e. The van der Waals surface area contributed by atoms with E-state index in [2.05, 4.69) is 47.0 Å². The quantitative estimate of drug-likeness (QED) is 0.302. The summed E-state index contributed by atoms with van der Waals surface area (Å²) >= 11 is 7.84. The molecule has 0 saturated carbocycles. The van der Waals surface area contributed by atoms with Crippen molar-refractivity contribution in [2.45, 2.75) is 38.5 Å². The maximum absolute atomic E-state index is 10.9. The Labute approximate surface area is 184 Å². The molecule has 0 aromatic heterocycles. The summed E-state index contributed by atoms with van der Waals surface area (Å²) in [6, 6.07) is 8.10. The number of carbonyl (C=O) groups is 1. The molecule has 0 aliphatic carbocycles. The summed E-state index contributed by atoms with van der Waals surface area (Å²) in [4.78, 5) is 13.4. The molecular weight excluding hydrogens is 404 g/mol. The highest BCUT2D eigenvalue weighted by atomic mass is 35.5. The van der Waals surface area contributed by atoms with Gasteiger partial charge in [0.1, 0.15) is 0 Å². The van der Waals surface area contributed by atoms with Crippen LogP contribution in [0.1, 0.15) is 32.3 Å². The largest absolute Gasteiger partial charge is 0.481 e. The molecule has 158 valence electrons. The summed E-state index contributed by atoms with van der Waals surface area (Å²) in [7, 11) is 0. The molecule has 1 aliphatic heterocycles. The number of nitrogens with zero attached hydrogens (tertiary/aromatic N) is 2. The van der Waals surface area contributed by atoms with Crippen molar-refractivity contribution < 1.29 is 9.90 Å². The molecule has 1 atom stereocenters.